The van der Waals surface area contributed by atoms with Crippen LogP contribution in [0.4, 0.5) is 28.8 Å². The van der Waals surface area contributed by atoms with E-state index < -0.39 is 0 Å². The number of carbonyl (C=O) groups is 1. The van der Waals surface area contributed by atoms with E-state index in [9.17, 15) is 4.79 Å². The van der Waals surface area contributed by atoms with Crippen molar-refractivity contribution in [1.82, 2.24) is 19.9 Å². The Balaban J connectivity index is 1.69. The van der Waals surface area contributed by atoms with Crippen molar-refractivity contribution in [3.05, 3.63) is 55.2 Å². The Morgan fingerprint density at radius 1 is 0.875 bits per heavy atom. The number of carbonyl (C=O) groups excluding carboxylic acids is 1. The number of aromatic nitrogens is 4. The highest BCUT2D eigenvalue weighted by atomic mass is 16.1. The molecule has 120 valence electrons. The van der Waals surface area contributed by atoms with Crippen LogP contribution in [0.5, 0.6) is 0 Å². The van der Waals surface area contributed by atoms with Crippen molar-refractivity contribution in [2.75, 3.05) is 16.0 Å². The molecule has 0 aliphatic heterocycles. The third-order valence-corrected chi connectivity index (χ3v) is 2.96. The summed E-state index contributed by atoms with van der Waals surface area (Å²) in [6.45, 7) is 1.47. The maximum atomic E-state index is 11.0. The lowest BCUT2D eigenvalue weighted by Crippen LogP contribution is -2.05. The zero-order valence-electron chi connectivity index (χ0n) is 12.9. The van der Waals surface area contributed by atoms with Crippen LogP contribution in [0.15, 0.2) is 55.2 Å². The first-order valence-corrected chi connectivity index (χ1v) is 7.19. The van der Waals surface area contributed by atoms with Crippen LogP contribution >= 0.6 is 0 Å². The Morgan fingerprint density at radius 3 is 2.25 bits per heavy atom. The molecule has 3 N–H and O–H groups in total. The number of anilines is 5. The van der Waals surface area contributed by atoms with Gasteiger partial charge < -0.3 is 16.0 Å². The topological polar surface area (TPSA) is 105 Å². The first kappa shape index (κ1) is 15.3. The van der Waals surface area contributed by atoms with Crippen LogP contribution in [0.3, 0.4) is 0 Å². The monoisotopic (exact) mass is 321 g/mol. The van der Waals surface area contributed by atoms with Crippen molar-refractivity contribution >= 4 is 34.7 Å². The number of nitrogens with zero attached hydrogens (tertiary/aromatic N) is 4. The number of nitrogens with one attached hydrogen (secondary N) is 3. The summed E-state index contributed by atoms with van der Waals surface area (Å²) in [5.41, 5.74) is 1.58. The molecule has 0 fully saturated rings. The normalized spacial score (nSPS) is 10.0. The summed E-state index contributed by atoms with van der Waals surface area (Å²) < 4.78 is 0. The van der Waals surface area contributed by atoms with Gasteiger partial charge in [0.2, 0.25) is 5.91 Å². The summed E-state index contributed by atoms with van der Waals surface area (Å²) in [6, 6.07) is 9.08. The second-order valence-corrected chi connectivity index (χ2v) is 4.89. The van der Waals surface area contributed by atoms with Gasteiger partial charge in [-0.2, -0.15) is 0 Å². The average Bonchev–Trinajstić information content (AvgIpc) is 2.57. The van der Waals surface area contributed by atoms with Gasteiger partial charge in [0, 0.05) is 36.8 Å². The maximum absolute atomic E-state index is 11.0. The first-order valence-electron chi connectivity index (χ1n) is 7.19. The zero-order valence-corrected chi connectivity index (χ0v) is 12.9. The average molecular weight is 321 g/mol. The second kappa shape index (κ2) is 7.14. The third kappa shape index (κ3) is 4.23. The molecule has 2 aromatic heterocycles. The molecular formula is C16H15N7O. The third-order valence-electron chi connectivity index (χ3n) is 2.96. The molecule has 0 unspecified atom stereocenters. The molecule has 8 nitrogen and oxygen atoms in total. The van der Waals surface area contributed by atoms with Gasteiger partial charge in [0.05, 0.1) is 6.20 Å². The van der Waals surface area contributed by atoms with Crippen LogP contribution in [0, 0.1) is 0 Å². The highest BCUT2D eigenvalue weighted by molar-refractivity contribution is 5.88. The molecule has 0 saturated heterocycles. The molecular weight excluding hydrogens is 306 g/mol. The fraction of sp³-hybridized carbons (Fsp3) is 0.0625. The lowest BCUT2D eigenvalue weighted by atomic mass is 10.2. The molecule has 0 aliphatic rings. The summed E-state index contributed by atoms with van der Waals surface area (Å²) in [5, 5.41) is 8.94. The van der Waals surface area contributed by atoms with Crippen LogP contribution < -0.4 is 16.0 Å². The zero-order chi connectivity index (χ0) is 16.8. The fourth-order valence-electron chi connectivity index (χ4n) is 1.98. The molecule has 3 aromatic rings. The quantitative estimate of drug-likeness (QED) is 0.663. The Labute approximate surface area is 138 Å². The summed E-state index contributed by atoms with van der Waals surface area (Å²) in [6.07, 6.45) is 6.25. The van der Waals surface area contributed by atoms with E-state index in [0.29, 0.717) is 17.5 Å². The van der Waals surface area contributed by atoms with Crippen LogP contribution in [0.1, 0.15) is 6.92 Å². The Bertz CT molecular complexity index is 821. The van der Waals surface area contributed by atoms with Crippen LogP contribution in [-0.4, -0.2) is 25.8 Å². The van der Waals surface area contributed by atoms with E-state index in [4.69, 9.17) is 0 Å². The van der Waals surface area contributed by atoms with Gasteiger partial charge >= 0.3 is 0 Å². The van der Waals surface area contributed by atoms with E-state index in [1.165, 1.54) is 13.3 Å². The van der Waals surface area contributed by atoms with Gasteiger partial charge in [0.1, 0.15) is 23.8 Å². The van der Waals surface area contributed by atoms with Gasteiger partial charge in [0.25, 0.3) is 0 Å². The van der Waals surface area contributed by atoms with Crippen LogP contribution in [0.25, 0.3) is 0 Å². The van der Waals surface area contributed by atoms with Gasteiger partial charge in [0.15, 0.2) is 0 Å². The molecule has 1 aromatic carbocycles. The molecule has 24 heavy (non-hydrogen) atoms. The van der Waals surface area contributed by atoms with Gasteiger partial charge in [-0.3, -0.25) is 9.78 Å². The lowest BCUT2D eigenvalue weighted by Gasteiger charge is -2.09. The summed E-state index contributed by atoms with van der Waals surface area (Å²) in [7, 11) is 0. The predicted molar refractivity (Wildman–Crippen MR) is 91.4 cm³/mol. The number of hydrogen-bond donors (Lipinski definition) is 3. The SMILES string of the molecule is CC(=O)Nc1ccc(Nc2cc(Nc3cnccn3)ncn2)cc1. The van der Waals surface area contributed by atoms with Gasteiger partial charge in [-0.05, 0) is 24.3 Å². The number of rotatable bonds is 5. The van der Waals surface area contributed by atoms with E-state index in [1.54, 1.807) is 24.7 Å². The molecule has 0 spiro atoms. The fourth-order valence-corrected chi connectivity index (χ4v) is 1.98. The molecule has 3 rings (SSSR count). The smallest absolute Gasteiger partial charge is 0.221 e. The van der Waals surface area contributed by atoms with Crippen molar-refractivity contribution in [2.24, 2.45) is 0 Å². The highest BCUT2D eigenvalue weighted by Gasteiger charge is 2.02. The van der Waals surface area contributed by atoms with E-state index in [1.807, 2.05) is 24.3 Å². The van der Waals surface area contributed by atoms with Crippen LogP contribution in [-0.2, 0) is 4.79 Å². The Kier molecular flexibility index (Phi) is 4.57. The highest BCUT2D eigenvalue weighted by Crippen LogP contribution is 2.19. The van der Waals surface area contributed by atoms with Crippen molar-refractivity contribution in [2.45, 2.75) is 6.92 Å². The second-order valence-electron chi connectivity index (χ2n) is 4.89. The molecule has 0 bridgehead atoms. The van der Waals surface area contributed by atoms with Gasteiger partial charge in [-0.15, -0.1) is 0 Å². The minimum atomic E-state index is -0.105. The first-order chi connectivity index (χ1) is 11.7. The summed E-state index contributed by atoms with van der Waals surface area (Å²) in [5.74, 6) is 1.72. The van der Waals surface area contributed by atoms with E-state index in [0.717, 1.165) is 11.4 Å². The van der Waals surface area contributed by atoms with E-state index in [-0.39, 0.29) is 5.91 Å². The van der Waals surface area contributed by atoms with Crippen LogP contribution in [0.2, 0.25) is 0 Å². The Morgan fingerprint density at radius 2 is 1.58 bits per heavy atom. The van der Waals surface area contributed by atoms with Crippen molar-refractivity contribution < 1.29 is 4.79 Å². The molecule has 0 atom stereocenters. The minimum Gasteiger partial charge on any atom is -0.340 e. The predicted octanol–water partition coefficient (Wildman–Crippen LogP) is 2.71. The number of benzene rings is 1. The Hall–Kier alpha value is -3.55. The molecule has 0 aliphatic carbocycles. The maximum Gasteiger partial charge on any atom is 0.221 e. The number of hydrogen-bond acceptors (Lipinski definition) is 7. The molecule has 0 radical (unpaired) electrons. The molecule has 0 saturated carbocycles. The van der Waals surface area contributed by atoms with E-state index in [2.05, 4.69) is 35.9 Å². The van der Waals surface area contributed by atoms with Crippen molar-refractivity contribution in [3.8, 4) is 0 Å². The van der Waals surface area contributed by atoms with Gasteiger partial charge in [-0.1, -0.05) is 0 Å². The minimum absolute atomic E-state index is 0.105. The largest absolute Gasteiger partial charge is 0.340 e. The molecule has 1 amide bonds. The molecule has 8 heteroatoms. The molecule has 2 heterocycles. The lowest BCUT2D eigenvalue weighted by molar-refractivity contribution is -0.114. The van der Waals surface area contributed by atoms with E-state index >= 15 is 0 Å². The van der Waals surface area contributed by atoms with Crippen molar-refractivity contribution in [3.63, 3.8) is 0 Å². The summed E-state index contributed by atoms with van der Waals surface area (Å²) >= 11 is 0. The van der Waals surface area contributed by atoms with Gasteiger partial charge in [-0.25, -0.2) is 15.0 Å². The van der Waals surface area contributed by atoms with Crippen molar-refractivity contribution in [1.29, 1.82) is 0 Å². The standard InChI is InChI=1S/C16H15N7O/c1-11(24)21-12-2-4-13(5-3-12)22-14-8-15(20-10-19-14)23-16-9-17-6-7-18-16/h2-10H,1H3,(H,21,24)(H2,18,19,20,22,23). The number of amides is 1. The summed E-state index contributed by atoms with van der Waals surface area (Å²) in [4.78, 5) is 27.5.